The molecule has 0 aromatic rings. The van der Waals surface area contributed by atoms with Gasteiger partial charge in [-0.1, -0.05) is 84.0 Å². The van der Waals surface area contributed by atoms with Crippen molar-refractivity contribution in [1.82, 2.24) is 0 Å². The Morgan fingerprint density at radius 3 is 1.47 bits per heavy atom. The molecule has 0 aromatic carbocycles. The number of hydrogen-bond acceptors (Lipinski definition) is 1. The van der Waals surface area contributed by atoms with E-state index in [4.69, 9.17) is 1.37 Å². The Morgan fingerprint density at radius 2 is 1.12 bits per heavy atom. The predicted octanol–water partition coefficient (Wildman–Crippen LogP) is 5.46. The van der Waals surface area contributed by atoms with E-state index in [0.29, 0.717) is 6.42 Å². The molecule has 1 N–H and O–H groups in total. The molecule has 1 heteroatoms. The summed E-state index contributed by atoms with van der Waals surface area (Å²) in [5, 5.41) is 9.25. The summed E-state index contributed by atoms with van der Waals surface area (Å²) < 4.78 is 7.33. The van der Waals surface area contributed by atoms with Gasteiger partial charge in [0.25, 0.3) is 0 Å². The summed E-state index contributed by atoms with van der Waals surface area (Å²) in [6.07, 6.45) is 15.3. The summed E-state index contributed by atoms with van der Waals surface area (Å²) in [4.78, 5) is 0. The van der Waals surface area contributed by atoms with Gasteiger partial charge in [-0.25, -0.2) is 0 Å². The number of rotatable bonds is 13. The second kappa shape index (κ2) is 14.0. The SMILES string of the molecule is [2H]C(C)(O)CCCCCCCCCCCCCC. The minimum absolute atomic E-state index is 0.616. The Morgan fingerprint density at radius 1 is 0.765 bits per heavy atom. The number of aliphatic hydroxyl groups is 1. The average molecular weight is 243 g/mol. The topological polar surface area (TPSA) is 20.2 Å². The molecule has 0 amide bonds. The van der Waals surface area contributed by atoms with Crippen molar-refractivity contribution in [2.75, 3.05) is 0 Å². The largest absolute Gasteiger partial charge is 0.393 e. The van der Waals surface area contributed by atoms with E-state index in [2.05, 4.69) is 6.92 Å². The lowest BCUT2D eigenvalue weighted by Gasteiger charge is -2.04. The summed E-state index contributed by atoms with van der Waals surface area (Å²) in [5.41, 5.74) is 0. The second-order valence-corrected chi connectivity index (χ2v) is 5.37. The highest BCUT2D eigenvalue weighted by molar-refractivity contribution is 4.50. The van der Waals surface area contributed by atoms with Crippen molar-refractivity contribution in [2.45, 2.75) is 103 Å². The van der Waals surface area contributed by atoms with Crippen LogP contribution in [0.4, 0.5) is 0 Å². The van der Waals surface area contributed by atoms with Gasteiger partial charge in [0.1, 0.15) is 0 Å². The molecule has 0 fully saturated rings. The first-order valence-corrected chi connectivity index (χ1v) is 7.78. The maximum absolute atomic E-state index is 9.25. The van der Waals surface area contributed by atoms with Crippen molar-refractivity contribution < 1.29 is 6.48 Å². The lowest BCUT2D eigenvalue weighted by Crippen LogP contribution is -1.98. The van der Waals surface area contributed by atoms with E-state index in [1.54, 1.807) is 6.92 Å². The molecule has 0 saturated carbocycles. The minimum Gasteiger partial charge on any atom is -0.393 e. The molecule has 0 aromatic heterocycles. The van der Waals surface area contributed by atoms with Gasteiger partial charge >= 0.3 is 0 Å². The van der Waals surface area contributed by atoms with Crippen LogP contribution < -0.4 is 0 Å². The van der Waals surface area contributed by atoms with Crippen LogP contribution in [0, 0.1) is 0 Å². The first-order valence-electron chi connectivity index (χ1n) is 8.28. The fraction of sp³-hybridized carbons (Fsp3) is 1.00. The van der Waals surface area contributed by atoms with Crippen LogP contribution in [-0.2, 0) is 0 Å². The first kappa shape index (κ1) is 15.0. The molecule has 1 unspecified atom stereocenters. The molecule has 0 heterocycles. The summed E-state index contributed by atoms with van der Waals surface area (Å²) in [6, 6.07) is 0. The van der Waals surface area contributed by atoms with E-state index >= 15 is 0 Å². The van der Waals surface area contributed by atoms with Gasteiger partial charge in [0.05, 0.1) is 7.45 Å². The van der Waals surface area contributed by atoms with Gasteiger partial charge in [-0.05, 0) is 13.3 Å². The van der Waals surface area contributed by atoms with Crippen molar-refractivity contribution in [2.24, 2.45) is 0 Å². The molecule has 1 atom stereocenters. The van der Waals surface area contributed by atoms with Gasteiger partial charge in [-0.15, -0.1) is 0 Å². The minimum atomic E-state index is -1.21. The average Bonchev–Trinajstić information content (AvgIpc) is 2.29. The zero-order chi connectivity index (χ0) is 13.7. The Labute approximate surface area is 110 Å². The Kier molecular flexibility index (Phi) is 12.4. The molecule has 0 spiro atoms. The van der Waals surface area contributed by atoms with Crippen molar-refractivity contribution in [3.05, 3.63) is 0 Å². The van der Waals surface area contributed by atoms with Crippen LogP contribution in [0.3, 0.4) is 0 Å². The fourth-order valence-corrected chi connectivity index (χ4v) is 2.22. The van der Waals surface area contributed by atoms with Gasteiger partial charge in [0.2, 0.25) is 0 Å². The fourth-order valence-electron chi connectivity index (χ4n) is 2.22. The van der Waals surface area contributed by atoms with Crippen LogP contribution in [0.25, 0.3) is 0 Å². The van der Waals surface area contributed by atoms with E-state index in [-0.39, 0.29) is 0 Å². The first-order chi connectivity index (χ1) is 8.56. The van der Waals surface area contributed by atoms with Crippen molar-refractivity contribution >= 4 is 0 Å². The molecule has 17 heavy (non-hydrogen) atoms. The monoisotopic (exact) mass is 243 g/mol. The van der Waals surface area contributed by atoms with E-state index in [0.717, 1.165) is 6.42 Å². The van der Waals surface area contributed by atoms with Gasteiger partial charge in [0, 0.05) is 0 Å². The van der Waals surface area contributed by atoms with Crippen LogP contribution in [0.5, 0.6) is 0 Å². The molecule has 0 aliphatic rings. The molecule has 0 aliphatic heterocycles. The predicted molar refractivity (Wildman–Crippen MR) is 77.4 cm³/mol. The van der Waals surface area contributed by atoms with Gasteiger partial charge < -0.3 is 5.11 Å². The van der Waals surface area contributed by atoms with E-state index in [1.807, 2.05) is 0 Å². The van der Waals surface area contributed by atoms with E-state index in [1.165, 1.54) is 70.6 Å². The Balaban J connectivity index is 2.99. The zero-order valence-corrected chi connectivity index (χ0v) is 12.1. The summed E-state index contributed by atoms with van der Waals surface area (Å²) in [5.74, 6) is 0. The van der Waals surface area contributed by atoms with Crippen molar-refractivity contribution in [1.29, 1.82) is 0 Å². The van der Waals surface area contributed by atoms with Crippen LogP contribution in [-0.4, -0.2) is 11.2 Å². The molecular weight excluding hydrogens is 208 g/mol. The molecule has 1 nitrogen and oxygen atoms in total. The summed E-state index contributed by atoms with van der Waals surface area (Å²) in [6.45, 7) is 3.84. The molecule has 0 aliphatic carbocycles. The molecule has 0 bridgehead atoms. The second-order valence-electron chi connectivity index (χ2n) is 5.37. The summed E-state index contributed by atoms with van der Waals surface area (Å²) in [7, 11) is 0. The van der Waals surface area contributed by atoms with E-state index in [9.17, 15) is 5.11 Å². The highest BCUT2D eigenvalue weighted by atomic mass is 16.3. The van der Waals surface area contributed by atoms with E-state index < -0.39 is 6.08 Å². The van der Waals surface area contributed by atoms with Gasteiger partial charge in [-0.3, -0.25) is 0 Å². The third-order valence-electron chi connectivity index (χ3n) is 3.39. The lowest BCUT2D eigenvalue weighted by molar-refractivity contribution is 0.180. The quantitative estimate of drug-likeness (QED) is 0.426. The van der Waals surface area contributed by atoms with Crippen LogP contribution in [0.1, 0.15) is 98.7 Å². The molecule has 0 radical (unpaired) electrons. The number of unbranched alkanes of at least 4 members (excludes halogenated alkanes) is 11. The zero-order valence-electron chi connectivity index (χ0n) is 13.1. The van der Waals surface area contributed by atoms with Crippen molar-refractivity contribution in [3.8, 4) is 0 Å². The Bertz CT molecular complexity index is 163. The Hall–Kier alpha value is -0.0400. The molecular formula is C16H34O. The lowest BCUT2D eigenvalue weighted by atomic mass is 10.0. The maximum Gasteiger partial charge on any atom is 0.0597 e. The molecule has 104 valence electrons. The molecule has 0 saturated heterocycles. The maximum atomic E-state index is 9.25. The van der Waals surface area contributed by atoms with Crippen LogP contribution in [0.2, 0.25) is 0 Å². The van der Waals surface area contributed by atoms with Crippen LogP contribution in [0.15, 0.2) is 0 Å². The molecule has 0 rings (SSSR count). The summed E-state index contributed by atoms with van der Waals surface area (Å²) >= 11 is 0. The highest BCUT2D eigenvalue weighted by Crippen LogP contribution is 2.12. The third-order valence-corrected chi connectivity index (χ3v) is 3.39. The third kappa shape index (κ3) is 16.0. The smallest absolute Gasteiger partial charge is 0.0597 e. The standard InChI is InChI=1S/C16H34O/c1-3-4-5-6-7-8-9-10-11-12-13-14-15-16(2)17/h16-17H,3-15H2,1-2H3/i16D. The van der Waals surface area contributed by atoms with Gasteiger partial charge in [-0.2, -0.15) is 0 Å². The van der Waals surface area contributed by atoms with Crippen LogP contribution >= 0.6 is 0 Å². The van der Waals surface area contributed by atoms with Crippen molar-refractivity contribution in [3.63, 3.8) is 0 Å². The highest BCUT2D eigenvalue weighted by Gasteiger charge is 1.96. The number of hydrogen-bond donors (Lipinski definition) is 1. The van der Waals surface area contributed by atoms with Gasteiger partial charge in [0.15, 0.2) is 0 Å². The normalized spacial score (nSPS) is 15.6.